The number of anilines is 1. The molecule has 0 aliphatic rings. The minimum atomic E-state index is -0.517. The summed E-state index contributed by atoms with van der Waals surface area (Å²) in [6, 6.07) is 12.6. The lowest BCUT2D eigenvalue weighted by Crippen LogP contribution is -2.34. The highest BCUT2D eigenvalue weighted by Gasteiger charge is 2.15. The SMILES string of the molecule is CN(Cc1cc([N+](=O)[O-])ccc1Cl)C(=O)CCNC(=O)Nc1ccccc1. The molecule has 142 valence electrons. The van der Waals surface area contributed by atoms with Crippen LogP contribution in [0.3, 0.4) is 0 Å². The van der Waals surface area contributed by atoms with E-state index in [1.54, 1.807) is 31.3 Å². The molecule has 0 aliphatic heterocycles. The lowest BCUT2D eigenvalue weighted by Gasteiger charge is -2.18. The molecule has 0 aliphatic carbocycles. The van der Waals surface area contributed by atoms with Gasteiger partial charge in [-0.05, 0) is 23.8 Å². The van der Waals surface area contributed by atoms with Crippen LogP contribution in [0.2, 0.25) is 5.02 Å². The summed E-state index contributed by atoms with van der Waals surface area (Å²) in [4.78, 5) is 35.7. The summed E-state index contributed by atoms with van der Waals surface area (Å²) in [6.07, 6.45) is 0.0885. The van der Waals surface area contributed by atoms with E-state index in [4.69, 9.17) is 11.6 Å². The number of urea groups is 1. The number of carbonyl (C=O) groups excluding carboxylic acids is 2. The normalized spacial score (nSPS) is 10.1. The predicted octanol–water partition coefficient (Wildman–Crippen LogP) is 3.42. The molecule has 0 bridgehead atoms. The molecule has 2 N–H and O–H groups in total. The smallest absolute Gasteiger partial charge is 0.319 e. The van der Waals surface area contributed by atoms with Gasteiger partial charge >= 0.3 is 6.03 Å². The predicted molar refractivity (Wildman–Crippen MR) is 103 cm³/mol. The zero-order chi connectivity index (χ0) is 19.8. The highest BCUT2D eigenvalue weighted by molar-refractivity contribution is 6.31. The zero-order valence-electron chi connectivity index (χ0n) is 14.6. The number of nitro benzene ring substituents is 1. The van der Waals surface area contributed by atoms with E-state index < -0.39 is 11.0 Å². The number of nitro groups is 1. The van der Waals surface area contributed by atoms with Gasteiger partial charge in [-0.15, -0.1) is 0 Å². The monoisotopic (exact) mass is 390 g/mol. The molecule has 0 radical (unpaired) electrons. The third kappa shape index (κ3) is 6.27. The molecule has 2 aromatic carbocycles. The molecule has 9 heteroatoms. The first-order valence-corrected chi connectivity index (χ1v) is 8.51. The second kappa shape index (κ2) is 9.54. The third-order valence-corrected chi connectivity index (χ3v) is 4.10. The number of carbonyl (C=O) groups is 2. The number of amides is 3. The molecule has 3 amide bonds. The van der Waals surface area contributed by atoms with Gasteiger partial charge in [0.1, 0.15) is 0 Å². The van der Waals surface area contributed by atoms with Gasteiger partial charge in [-0.25, -0.2) is 4.79 Å². The number of hydrogen-bond donors (Lipinski definition) is 2. The number of halogens is 1. The quantitative estimate of drug-likeness (QED) is 0.558. The van der Waals surface area contributed by atoms with Crippen molar-refractivity contribution in [3.8, 4) is 0 Å². The van der Waals surface area contributed by atoms with Gasteiger partial charge < -0.3 is 15.5 Å². The van der Waals surface area contributed by atoms with Gasteiger partial charge in [-0.2, -0.15) is 0 Å². The number of nitrogens with zero attached hydrogens (tertiary/aromatic N) is 2. The van der Waals surface area contributed by atoms with Crippen LogP contribution in [-0.4, -0.2) is 35.4 Å². The molecule has 0 atom stereocenters. The topological polar surface area (TPSA) is 105 Å². The van der Waals surface area contributed by atoms with Gasteiger partial charge in [0.15, 0.2) is 0 Å². The Bertz CT molecular complexity index is 829. The van der Waals surface area contributed by atoms with E-state index in [2.05, 4.69) is 10.6 Å². The van der Waals surface area contributed by atoms with Crippen LogP contribution in [0.15, 0.2) is 48.5 Å². The summed E-state index contributed by atoms with van der Waals surface area (Å²) in [7, 11) is 1.57. The van der Waals surface area contributed by atoms with Crippen molar-refractivity contribution in [2.45, 2.75) is 13.0 Å². The summed E-state index contributed by atoms with van der Waals surface area (Å²) in [5.41, 5.74) is 1.05. The maximum atomic E-state index is 12.2. The van der Waals surface area contributed by atoms with Crippen LogP contribution in [-0.2, 0) is 11.3 Å². The number of benzene rings is 2. The standard InChI is InChI=1S/C18H19ClN4O4/c1-22(12-13-11-15(23(26)27)7-8-16(13)19)17(24)9-10-20-18(25)21-14-5-3-2-4-6-14/h2-8,11H,9-10,12H2,1H3,(H2,20,21,25). The summed E-state index contributed by atoms with van der Waals surface area (Å²) < 4.78 is 0. The van der Waals surface area contributed by atoms with E-state index in [1.807, 2.05) is 6.07 Å². The fourth-order valence-electron chi connectivity index (χ4n) is 2.31. The van der Waals surface area contributed by atoms with Crippen LogP contribution in [0.5, 0.6) is 0 Å². The number of rotatable bonds is 7. The fraction of sp³-hybridized carbons (Fsp3) is 0.222. The van der Waals surface area contributed by atoms with Crippen LogP contribution in [0, 0.1) is 10.1 Å². The van der Waals surface area contributed by atoms with Gasteiger partial charge in [0.05, 0.1) is 4.92 Å². The average Bonchev–Trinajstić information content (AvgIpc) is 2.64. The molecule has 8 nitrogen and oxygen atoms in total. The van der Waals surface area contributed by atoms with Crippen molar-refractivity contribution in [3.63, 3.8) is 0 Å². The average molecular weight is 391 g/mol. The lowest BCUT2D eigenvalue weighted by atomic mass is 10.2. The van der Waals surface area contributed by atoms with Crippen molar-refractivity contribution < 1.29 is 14.5 Å². The number of hydrogen-bond acceptors (Lipinski definition) is 4. The van der Waals surface area contributed by atoms with Crippen molar-refractivity contribution >= 4 is 34.9 Å². The first-order chi connectivity index (χ1) is 12.9. The number of nitrogens with one attached hydrogen (secondary N) is 2. The summed E-state index contributed by atoms with van der Waals surface area (Å²) in [5, 5.41) is 16.5. The Hall–Kier alpha value is -3.13. The maximum Gasteiger partial charge on any atom is 0.319 e. The van der Waals surface area contributed by atoms with Gasteiger partial charge in [-0.3, -0.25) is 14.9 Å². The maximum absolute atomic E-state index is 12.2. The number of para-hydroxylation sites is 1. The second-order valence-electron chi connectivity index (χ2n) is 5.78. The summed E-state index contributed by atoms with van der Waals surface area (Å²) in [5.74, 6) is -0.224. The first-order valence-electron chi connectivity index (χ1n) is 8.13. The third-order valence-electron chi connectivity index (χ3n) is 3.73. The molecule has 0 unspecified atom stereocenters. The van der Waals surface area contributed by atoms with E-state index in [-0.39, 0.29) is 31.1 Å². The zero-order valence-corrected chi connectivity index (χ0v) is 15.4. The Morgan fingerprint density at radius 3 is 2.56 bits per heavy atom. The molecule has 0 fully saturated rings. The lowest BCUT2D eigenvalue weighted by molar-refractivity contribution is -0.384. The van der Waals surface area contributed by atoms with Crippen molar-refractivity contribution in [3.05, 3.63) is 69.2 Å². The minimum Gasteiger partial charge on any atom is -0.341 e. The Morgan fingerprint density at radius 2 is 1.89 bits per heavy atom. The largest absolute Gasteiger partial charge is 0.341 e. The van der Waals surface area contributed by atoms with E-state index in [1.165, 1.54) is 23.1 Å². The molecular weight excluding hydrogens is 372 g/mol. The van der Waals surface area contributed by atoms with E-state index in [0.717, 1.165) is 0 Å². The molecule has 0 spiro atoms. The molecule has 0 saturated carbocycles. The summed E-state index contributed by atoms with van der Waals surface area (Å²) in [6.45, 7) is 0.292. The van der Waals surface area contributed by atoms with Crippen LogP contribution < -0.4 is 10.6 Å². The van der Waals surface area contributed by atoms with Gasteiger partial charge in [0.2, 0.25) is 5.91 Å². The summed E-state index contributed by atoms with van der Waals surface area (Å²) >= 11 is 6.05. The Kier molecular flexibility index (Phi) is 7.13. The van der Waals surface area contributed by atoms with Crippen molar-refractivity contribution in [2.75, 3.05) is 18.9 Å². The van der Waals surface area contributed by atoms with E-state index in [9.17, 15) is 19.7 Å². The molecule has 0 heterocycles. The van der Waals surface area contributed by atoms with Gasteiger partial charge in [0.25, 0.3) is 5.69 Å². The minimum absolute atomic E-state index is 0.0884. The first kappa shape index (κ1) is 20.2. The fourth-order valence-corrected chi connectivity index (χ4v) is 2.49. The highest BCUT2D eigenvalue weighted by Crippen LogP contribution is 2.23. The molecule has 2 rings (SSSR count). The van der Waals surface area contributed by atoms with Crippen LogP contribution in [0.4, 0.5) is 16.2 Å². The van der Waals surface area contributed by atoms with Crippen molar-refractivity contribution in [1.82, 2.24) is 10.2 Å². The van der Waals surface area contributed by atoms with Gasteiger partial charge in [0, 0.05) is 49.4 Å². The molecule has 0 aromatic heterocycles. The Labute approximate surface area is 161 Å². The Morgan fingerprint density at radius 1 is 1.19 bits per heavy atom. The van der Waals surface area contributed by atoms with Gasteiger partial charge in [-0.1, -0.05) is 29.8 Å². The molecule has 0 saturated heterocycles. The Balaban J connectivity index is 1.81. The molecule has 27 heavy (non-hydrogen) atoms. The van der Waals surface area contributed by atoms with Crippen LogP contribution in [0.25, 0.3) is 0 Å². The van der Waals surface area contributed by atoms with E-state index in [0.29, 0.717) is 16.3 Å². The van der Waals surface area contributed by atoms with Crippen LogP contribution >= 0.6 is 11.6 Å². The van der Waals surface area contributed by atoms with E-state index >= 15 is 0 Å². The number of non-ortho nitro benzene ring substituents is 1. The highest BCUT2D eigenvalue weighted by atomic mass is 35.5. The van der Waals surface area contributed by atoms with Crippen molar-refractivity contribution in [2.24, 2.45) is 0 Å². The molecule has 2 aromatic rings. The molecular formula is C18H19ClN4O4. The van der Waals surface area contributed by atoms with Crippen molar-refractivity contribution in [1.29, 1.82) is 0 Å². The second-order valence-corrected chi connectivity index (χ2v) is 6.19. The van der Waals surface area contributed by atoms with Crippen LogP contribution in [0.1, 0.15) is 12.0 Å².